The summed E-state index contributed by atoms with van der Waals surface area (Å²) in [5, 5.41) is 2.67. The first-order chi connectivity index (χ1) is 12.8. The number of aromatic nitrogens is 2. The number of aryl methyl sites for hydroxylation is 1. The molecule has 0 unspecified atom stereocenters. The lowest BCUT2D eigenvalue weighted by Crippen LogP contribution is -2.25. The van der Waals surface area contributed by atoms with Crippen LogP contribution >= 0.6 is 0 Å². The smallest absolute Gasteiger partial charge is 0.406 e. The SMILES string of the molecule is Cc1cc(CNC(=O)c2cccc(OC(F)(F)F)c2)nc(N2CCCC2)n1. The van der Waals surface area contributed by atoms with Crippen molar-refractivity contribution in [3.8, 4) is 5.75 Å². The largest absolute Gasteiger partial charge is 0.573 e. The number of ether oxygens (including phenoxy) is 1. The lowest BCUT2D eigenvalue weighted by molar-refractivity contribution is -0.274. The van der Waals surface area contributed by atoms with Crippen molar-refractivity contribution in [3.05, 3.63) is 47.3 Å². The molecule has 2 aromatic rings. The molecule has 0 spiro atoms. The molecule has 1 aromatic heterocycles. The van der Waals surface area contributed by atoms with Crippen LogP contribution in [0.4, 0.5) is 19.1 Å². The Labute approximate surface area is 154 Å². The summed E-state index contributed by atoms with van der Waals surface area (Å²) >= 11 is 0. The van der Waals surface area contributed by atoms with Crippen molar-refractivity contribution in [2.24, 2.45) is 0 Å². The van der Waals surface area contributed by atoms with E-state index in [1.165, 1.54) is 12.1 Å². The van der Waals surface area contributed by atoms with E-state index < -0.39 is 18.0 Å². The summed E-state index contributed by atoms with van der Waals surface area (Å²) in [6, 6.07) is 6.70. The Bertz CT molecular complexity index is 820. The van der Waals surface area contributed by atoms with E-state index in [0.29, 0.717) is 11.6 Å². The predicted molar refractivity (Wildman–Crippen MR) is 92.5 cm³/mol. The van der Waals surface area contributed by atoms with Crippen molar-refractivity contribution in [3.63, 3.8) is 0 Å². The summed E-state index contributed by atoms with van der Waals surface area (Å²) in [4.78, 5) is 23.3. The third-order valence-electron chi connectivity index (χ3n) is 4.04. The molecule has 1 N–H and O–H groups in total. The third kappa shape index (κ3) is 5.32. The molecule has 3 rings (SSSR count). The zero-order valence-corrected chi connectivity index (χ0v) is 14.7. The van der Waals surface area contributed by atoms with Crippen LogP contribution in [0.25, 0.3) is 0 Å². The first kappa shape index (κ1) is 18.9. The fourth-order valence-electron chi connectivity index (χ4n) is 2.87. The van der Waals surface area contributed by atoms with Crippen LogP contribution in [0.3, 0.4) is 0 Å². The number of nitrogens with zero attached hydrogens (tertiary/aromatic N) is 3. The highest BCUT2D eigenvalue weighted by Crippen LogP contribution is 2.23. The van der Waals surface area contributed by atoms with Gasteiger partial charge in [0.2, 0.25) is 5.95 Å². The summed E-state index contributed by atoms with van der Waals surface area (Å²) in [5.41, 5.74) is 1.50. The Balaban J connectivity index is 1.66. The van der Waals surface area contributed by atoms with Gasteiger partial charge in [0, 0.05) is 24.3 Å². The van der Waals surface area contributed by atoms with Crippen LogP contribution in [-0.2, 0) is 6.54 Å². The molecule has 144 valence electrons. The van der Waals surface area contributed by atoms with Gasteiger partial charge in [-0.1, -0.05) is 6.07 Å². The molecule has 2 heterocycles. The Morgan fingerprint density at radius 3 is 2.67 bits per heavy atom. The molecule has 1 aliphatic heterocycles. The van der Waals surface area contributed by atoms with Gasteiger partial charge in [-0.05, 0) is 44.0 Å². The first-order valence-electron chi connectivity index (χ1n) is 8.54. The molecule has 0 bridgehead atoms. The second-order valence-electron chi connectivity index (χ2n) is 6.25. The van der Waals surface area contributed by atoms with Crippen LogP contribution in [0.2, 0.25) is 0 Å². The van der Waals surface area contributed by atoms with Gasteiger partial charge in [0.15, 0.2) is 0 Å². The molecule has 1 saturated heterocycles. The van der Waals surface area contributed by atoms with Crippen molar-refractivity contribution >= 4 is 11.9 Å². The molecule has 1 aliphatic rings. The van der Waals surface area contributed by atoms with E-state index in [1.54, 1.807) is 6.07 Å². The van der Waals surface area contributed by atoms with Crippen molar-refractivity contribution < 1.29 is 22.7 Å². The van der Waals surface area contributed by atoms with E-state index in [1.807, 2.05) is 6.92 Å². The normalized spacial score (nSPS) is 14.3. The van der Waals surface area contributed by atoms with E-state index in [0.717, 1.165) is 43.8 Å². The average molecular weight is 380 g/mol. The maximum Gasteiger partial charge on any atom is 0.573 e. The highest BCUT2D eigenvalue weighted by Gasteiger charge is 2.31. The summed E-state index contributed by atoms with van der Waals surface area (Å²) in [5.74, 6) is -0.316. The number of carbonyl (C=O) groups is 1. The van der Waals surface area contributed by atoms with Gasteiger partial charge in [-0.2, -0.15) is 0 Å². The summed E-state index contributed by atoms with van der Waals surface area (Å²) < 4.78 is 40.8. The van der Waals surface area contributed by atoms with Crippen LogP contribution < -0.4 is 15.0 Å². The number of hydrogen-bond donors (Lipinski definition) is 1. The molecule has 0 saturated carbocycles. The molecular weight excluding hydrogens is 361 g/mol. The van der Waals surface area contributed by atoms with Gasteiger partial charge >= 0.3 is 6.36 Å². The maximum atomic E-state index is 12.3. The number of amides is 1. The fraction of sp³-hybridized carbons (Fsp3) is 0.389. The highest BCUT2D eigenvalue weighted by molar-refractivity contribution is 5.94. The van der Waals surface area contributed by atoms with Crippen LogP contribution in [0.15, 0.2) is 30.3 Å². The van der Waals surface area contributed by atoms with Gasteiger partial charge in [0.1, 0.15) is 5.75 Å². The van der Waals surface area contributed by atoms with Gasteiger partial charge in [-0.3, -0.25) is 4.79 Å². The van der Waals surface area contributed by atoms with E-state index >= 15 is 0 Å². The van der Waals surface area contributed by atoms with Gasteiger partial charge in [0.05, 0.1) is 12.2 Å². The molecule has 6 nitrogen and oxygen atoms in total. The van der Waals surface area contributed by atoms with E-state index in [-0.39, 0.29) is 12.1 Å². The second kappa shape index (κ2) is 7.81. The molecule has 0 radical (unpaired) electrons. The number of halogens is 3. The Morgan fingerprint density at radius 2 is 1.96 bits per heavy atom. The predicted octanol–water partition coefficient (Wildman–Crippen LogP) is 3.21. The van der Waals surface area contributed by atoms with Gasteiger partial charge in [-0.25, -0.2) is 9.97 Å². The second-order valence-corrected chi connectivity index (χ2v) is 6.25. The van der Waals surface area contributed by atoms with E-state index in [4.69, 9.17) is 0 Å². The monoisotopic (exact) mass is 380 g/mol. The molecule has 9 heteroatoms. The van der Waals surface area contributed by atoms with Crippen molar-refractivity contribution in [1.82, 2.24) is 15.3 Å². The van der Waals surface area contributed by atoms with Crippen molar-refractivity contribution in [2.45, 2.75) is 32.7 Å². The lowest BCUT2D eigenvalue weighted by atomic mass is 10.2. The summed E-state index contributed by atoms with van der Waals surface area (Å²) in [7, 11) is 0. The van der Waals surface area contributed by atoms with Crippen LogP contribution in [0.1, 0.15) is 34.6 Å². The number of carbonyl (C=O) groups excluding carboxylic acids is 1. The number of nitrogens with one attached hydrogen (secondary N) is 1. The maximum absolute atomic E-state index is 12.3. The van der Waals surface area contributed by atoms with E-state index in [9.17, 15) is 18.0 Å². The average Bonchev–Trinajstić information content (AvgIpc) is 3.12. The van der Waals surface area contributed by atoms with Crippen LogP contribution in [0.5, 0.6) is 5.75 Å². The molecule has 1 aromatic carbocycles. The van der Waals surface area contributed by atoms with Crippen molar-refractivity contribution in [2.75, 3.05) is 18.0 Å². The summed E-state index contributed by atoms with van der Waals surface area (Å²) in [6.07, 6.45) is -2.61. The Hall–Kier alpha value is -2.84. The minimum atomic E-state index is -4.81. The minimum absolute atomic E-state index is 0.0716. The topological polar surface area (TPSA) is 67.3 Å². The van der Waals surface area contributed by atoms with Crippen LogP contribution in [0, 0.1) is 6.92 Å². The van der Waals surface area contributed by atoms with E-state index in [2.05, 4.69) is 24.9 Å². The number of hydrogen-bond acceptors (Lipinski definition) is 5. The Morgan fingerprint density at radius 1 is 1.22 bits per heavy atom. The lowest BCUT2D eigenvalue weighted by Gasteiger charge is -2.16. The molecular formula is C18H19F3N4O2. The molecule has 0 atom stereocenters. The molecule has 1 amide bonds. The number of alkyl halides is 3. The van der Waals surface area contributed by atoms with Gasteiger partial charge in [0.25, 0.3) is 5.91 Å². The fourth-order valence-corrected chi connectivity index (χ4v) is 2.87. The quantitative estimate of drug-likeness (QED) is 0.863. The number of anilines is 1. The molecule has 27 heavy (non-hydrogen) atoms. The van der Waals surface area contributed by atoms with Gasteiger partial charge < -0.3 is 15.0 Å². The first-order valence-corrected chi connectivity index (χ1v) is 8.54. The Kier molecular flexibility index (Phi) is 5.48. The number of benzene rings is 1. The van der Waals surface area contributed by atoms with Gasteiger partial charge in [-0.15, -0.1) is 13.2 Å². The zero-order valence-electron chi connectivity index (χ0n) is 14.7. The third-order valence-corrected chi connectivity index (χ3v) is 4.04. The highest BCUT2D eigenvalue weighted by atomic mass is 19.4. The molecule has 0 aliphatic carbocycles. The molecule has 1 fully saturated rings. The van der Waals surface area contributed by atoms with Crippen LogP contribution in [-0.4, -0.2) is 35.3 Å². The standard InChI is InChI=1S/C18H19F3N4O2/c1-12-9-14(24-17(23-12)25-7-2-3-8-25)11-22-16(26)13-5-4-6-15(10-13)27-18(19,20)21/h4-6,9-10H,2-3,7-8,11H2,1H3,(H,22,26). The minimum Gasteiger partial charge on any atom is -0.406 e. The zero-order chi connectivity index (χ0) is 19.4. The summed E-state index contributed by atoms with van der Waals surface area (Å²) in [6.45, 7) is 3.81. The number of rotatable bonds is 5. The van der Waals surface area contributed by atoms with Crippen molar-refractivity contribution in [1.29, 1.82) is 0 Å².